The van der Waals surface area contributed by atoms with Gasteiger partial charge in [-0.15, -0.1) is 0 Å². The average molecular weight is 379 g/mol. The van der Waals surface area contributed by atoms with Gasteiger partial charge in [-0.25, -0.2) is 13.1 Å². The van der Waals surface area contributed by atoms with E-state index in [1.807, 2.05) is 6.92 Å². The third-order valence-corrected chi connectivity index (χ3v) is 4.96. The van der Waals surface area contributed by atoms with Crippen LogP contribution in [-0.2, 0) is 19.6 Å². The molecule has 1 aromatic carbocycles. The molecule has 1 heterocycles. The quantitative estimate of drug-likeness (QED) is 0.629. The summed E-state index contributed by atoms with van der Waals surface area (Å²) in [7, 11) is -3.78. The van der Waals surface area contributed by atoms with Crippen molar-refractivity contribution in [3.8, 4) is 0 Å². The van der Waals surface area contributed by atoms with E-state index in [1.165, 1.54) is 18.4 Å². The molecule has 0 fully saturated rings. The minimum absolute atomic E-state index is 0.0703. The van der Waals surface area contributed by atoms with Crippen LogP contribution >= 0.6 is 0 Å². The molecule has 8 nitrogen and oxygen atoms in total. The summed E-state index contributed by atoms with van der Waals surface area (Å²) >= 11 is 0. The van der Waals surface area contributed by atoms with Crippen molar-refractivity contribution in [3.05, 3.63) is 54.0 Å². The Labute approximate surface area is 152 Å². The molecule has 140 valence electrons. The zero-order valence-electron chi connectivity index (χ0n) is 14.5. The van der Waals surface area contributed by atoms with Gasteiger partial charge in [0.25, 0.3) is 0 Å². The SMILES string of the molecule is Cc1ccc(S(=O)(=O)NCC(=O)NCC(=O)N[C@@H](C)c2ccco2)cc1. The number of sulfonamides is 1. The molecule has 3 N–H and O–H groups in total. The molecule has 0 saturated heterocycles. The van der Waals surface area contributed by atoms with Crippen molar-refractivity contribution in [2.24, 2.45) is 0 Å². The van der Waals surface area contributed by atoms with Crippen LogP contribution in [0.4, 0.5) is 0 Å². The Balaban J connectivity index is 1.76. The van der Waals surface area contributed by atoms with Crippen molar-refractivity contribution >= 4 is 21.8 Å². The maximum absolute atomic E-state index is 12.1. The number of benzene rings is 1. The van der Waals surface area contributed by atoms with Crippen molar-refractivity contribution in [1.29, 1.82) is 0 Å². The fourth-order valence-corrected chi connectivity index (χ4v) is 3.09. The average Bonchev–Trinajstić information content (AvgIpc) is 3.13. The molecule has 1 atom stereocenters. The number of aryl methyl sites for hydroxylation is 1. The first-order valence-electron chi connectivity index (χ1n) is 7.94. The molecule has 2 amide bonds. The molecule has 0 spiro atoms. The van der Waals surface area contributed by atoms with Crippen LogP contribution < -0.4 is 15.4 Å². The molecule has 2 rings (SSSR count). The van der Waals surface area contributed by atoms with E-state index in [1.54, 1.807) is 31.2 Å². The maximum atomic E-state index is 12.1. The Kier molecular flexibility index (Phi) is 6.53. The van der Waals surface area contributed by atoms with E-state index in [0.29, 0.717) is 5.76 Å². The van der Waals surface area contributed by atoms with Crippen LogP contribution in [0.15, 0.2) is 52.0 Å². The van der Waals surface area contributed by atoms with Crippen LogP contribution in [0.1, 0.15) is 24.3 Å². The molecule has 2 aromatic rings. The Morgan fingerprint density at radius 3 is 2.38 bits per heavy atom. The van der Waals surface area contributed by atoms with E-state index in [9.17, 15) is 18.0 Å². The van der Waals surface area contributed by atoms with Crippen LogP contribution in [0, 0.1) is 6.92 Å². The van der Waals surface area contributed by atoms with Crippen molar-refractivity contribution in [1.82, 2.24) is 15.4 Å². The summed E-state index contributed by atoms with van der Waals surface area (Å²) in [5.74, 6) is -0.430. The minimum Gasteiger partial charge on any atom is -0.467 e. The molecule has 0 radical (unpaired) electrons. The molecule has 1 aromatic heterocycles. The van der Waals surface area contributed by atoms with Crippen LogP contribution in [0.2, 0.25) is 0 Å². The largest absolute Gasteiger partial charge is 0.467 e. The van der Waals surface area contributed by atoms with Gasteiger partial charge in [0.1, 0.15) is 5.76 Å². The molecule has 0 aliphatic carbocycles. The summed E-state index contributed by atoms with van der Waals surface area (Å²) in [6, 6.07) is 9.34. The summed E-state index contributed by atoms with van der Waals surface area (Å²) in [5, 5.41) is 5.01. The van der Waals surface area contributed by atoms with Crippen molar-refractivity contribution < 1.29 is 22.4 Å². The van der Waals surface area contributed by atoms with E-state index in [0.717, 1.165) is 5.56 Å². The lowest BCUT2D eigenvalue weighted by Crippen LogP contribution is -2.42. The van der Waals surface area contributed by atoms with Crippen LogP contribution in [0.25, 0.3) is 0 Å². The smallest absolute Gasteiger partial charge is 0.241 e. The molecule has 0 aliphatic rings. The van der Waals surface area contributed by atoms with Crippen LogP contribution in [-0.4, -0.2) is 33.3 Å². The zero-order chi connectivity index (χ0) is 19.2. The molecule has 26 heavy (non-hydrogen) atoms. The van der Waals surface area contributed by atoms with Gasteiger partial charge in [0, 0.05) is 0 Å². The lowest BCUT2D eigenvalue weighted by Gasteiger charge is -2.12. The van der Waals surface area contributed by atoms with Gasteiger partial charge in [0.2, 0.25) is 21.8 Å². The van der Waals surface area contributed by atoms with Gasteiger partial charge >= 0.3 is 0 Å². The second kappa shape index (κ2) is 8.63. The number of carbonyl (C=O) groups is 2. The number of rotatable bonds is 8. The first-order chi connectivity index (χ1) is 12.3. The third kappa shape index (κ3) is 5.71. The van der Waals surface area contributed by atoms with Crippen molar-refractivity contribution in [3.63, 3.8) is 0 Å². The maximum Gasteiger partial charge on any atom is 0.241 e. The predicted molar refractivity (Wildman–Crippen MR) is 94.6 cm³/mol. The highest BCUT2D eigenvalue weighted by molar-refractivity contribution is 7.89. The summed E-state index contributed by atoms with van der Waals surface area (Å²) in [4.78, 5) is 23.6. The number of hydrogen-bond donors (Lipinski definition) is 3. The zero-order valence-corrected chi connectivity index (χ0v) is 15.3. The fraction of sp³-hybridized carbons (Fsp3) is 0.294. The topological polar surface area (TPSA) is 118 Å². The second-order valence-electron chi connectivity index (χ2n) is 5.72. The third-order valence-electron chi connectivity index (χ3n) is 3.55. The fourth-order valence-electron chi connectivity index (χ4n) is 2.10. The van der Waals surface area contributed by atoms with Gasteiger partial charge in [-0.1, -0.05) is 17.7 Å². The van der Waals surface area contributed by atoms with E-state index in [4.69, 9.17) is 4.42 Å². The van der Waals surface area contributed by atoms with Crippen molar-refractivity contribution in [2.75, 3.05) is 13.1 Å². The minimum atomic E-state index is -3.78. The van der Waals surface area contributed by atoms with E-state index < -0.39 is 28.4 Å². The Bertz CT molecular complexity index is 845. The number of hydrogen-bond acceptors (Lipinski definition) is 5. The predicted octanol–water partition coefficient (Wildman–Crippen LogP) is 0.860. The normalized spacial score (nSPS) is 12.4. The van der Waals surface area contributed by atoms with Crippen LogP contribution in [0.5, 0.6) is 0 Å². The van der Waals surface area contributed by atoms with Gasteiger partial charge in [-0.2, -0.15) is 0 Å². The molecule has 0 saturated carbocycles. The number of furan rings is 1. The molecule has 9 heteroatoms. The monoisotopic (exact) mass is 379 g/mol. The first-order valence-corrected chi connectivity index (χ1v) is 9.42. The highest BCUT2D eigenvalue weighted by Crippen LogP contribution is 2.11. The lowest BCUT2D eigenvalue weighted by molar-refractivity contribution is -0.125. The molecular weight excluding hydrogens is 358 g/mol. The molecule has 0 bridgehead atoms. The molecular formula is C17H21N3O5S. The summed E-state index contributed by atoms with van der Waals surface area (Å²) in [6.07, 6.45) is 1.50. The van der Waals surface area contributed by atoms with Gasteiger partial charge in [-0.05, 0) is 38.1 Å². The molecule has 0 aliphatic heterocycles. The summed E-state index contributed by atoms with van der Waals surface area (Å²) < 4.78 is 31.5. The Morgan fingerprint density at radius 1 is 1.08 bits per heavy atom. The molecule has 0 unspecified atom stereocenters. The first kappa shape index (κ1) is 19.7. The summed E-state index contributed by atoms with van der Waals surface area (Å²) in [5.41, 5.74) is 0.927. The Morgan fingerprint density at radius 2 is 1.77 bits per heavy atom. The number of carbonyl (C=O) groups excluding carboxylic acids is 2. The highest BCUT2D eigenvalue weighted by Gasteiger charge is 2.16. The second-order valence-corrected chi connectivity index (χ2v) is 7.49. The van der Waals surface area contributed by atoms with Gasteiger partial charge in [0.05, 0.1) is 30.3 Å². The van der Waals surface area contributed by atoms with E-state index in [-0.39, 0.29) is 17.5 Å². The van der Waals surface area contributed by atoms with Crippen molar-refractivity contribution in [2.45, 2.75) is 24.8 Å². The lowest BCUT2D eigenvalue weighted by atomic mass is 10.2. The number of amides is 2. The number of nitrogens with one attached hydrogen (secondary N) is 3. The highest BCUT2D eigenvalue weighted by atomic mass is 32.2. The van der Waals surface area contributed by atoms with Gasteiger partial charge < -0.3 is 15.1 Å². The van der Waals surface area contributed by atoms with Gasteiger partial charge in [-0.3, -0.25) is 9.59 Å². The summed E-state index contributed by atoms with van der Waals surface area (Å²) in [6.45, 7) is 2.86. The van der Waals surface area contributed by atoms with Gasteiger partial charge in [0.15, 0.2) is 0 Å². The van der Waals surface area contributed by atoms with Crippen LogP contribution in [0.3, 0.4) is 0 Å². The van der Waals surface area contributed by atoms with E-state index >= 15 is 0 Å². The standard InChI is InChI=1S/C17H21N3O5S/c1-12-5-7-14(8-6-12)26(23,24)19-11-16(21)18-10-17(22)20-13(2)15-4-3-9-25-15/h3-9,13,19H,10-11H2,1-2H3,(H,18,21)(H,20,22)/t13-/m0/s1. The Hall–Kier alpha value is -2.65. The van der Waals surface area contributed by atoms with E-state index in [2.05, 4.69) is 15.4 Å².